The molecule has 112 valence electrons. The normalized spacial score (nSPS) is 16.4. The van der Waals surface area contributed by atoms with Gasteiger partial charge in [-0.15, -0.1) is 0 Å². The minimum absolute atomic E-state index is 0.0168. The summed E-state index contributed by atoms with van der Waals surface area (Å²) in [6.45, 7) is 2.15. The van der Waals surface area contributed by atoms with E-state index in [0.29, 0.717) is 11.1 Å². The van der Waals surface area contributed by atoms with Crippen molar-refractivity contribution < 1.29 is 18.3 Å². The van der Waals surface area contributed by atoms with Crippen molar-refractivity contribution in [2.24, 2.45) is 0 Å². The molecule has 1 aliphatic rings. The van der Waals surface area contributed by atoms with E-state index in [1.807, 2.05) is 0 Å². The van der Waals surface area contributed by atoms with Gasteiger partial charge in [0.2, 0.25) is 0 Å². The van der Waals surface area contributed by atoms with Crippen LogP contribution >= 0.6 is 0 Å². The van der Waals surface area contributed by atoms with E-state index >= 15 is 0 Å². The molecule has 2 rings (SSSR count). The van der Waals surface area contributed by atoms with E-state index in [9.17, 15) is 13.2 Å². The Morgan fingerprint density at radius 2 is 1.75 bits per heavy atom. The maximum atomic E-state index is 13.0. The molecule has 0 radical (unpaired) electrons. The maximum Gasteiger partial charge on any atom is 0.416 e. The number of nitrogens with one attached hydrogen (secondary N) is 1. The lowest BCUT2D eigenvalue weighted by atomic mass is 9.81. The van der Waals surface area contributed by atoms with Crippen molar-refractivity contribution in [3.8, 4) is 0 Å². The van der Waals surface area contributed by atoms with Crippen LogP contribution in [-0.4, -0.2) is 11.8 Å². The van der Waals surface area contributed by atoms with E-state index in [1.165, 1.54) is 0 Å². The summed E-state index contributed by atoms with van der Waals surface area (Å²) >= 11 is 0. The first kappa shape index (κ1) is 16.7. The Morgan fingerprint density at radius 3 is 2.25 bits per heavy atom. The molecule has 0 aliphatic heterocycles. The van der Waals surface area contributed by atoms with Crippen molar-refractivity contribution in [1.29, 1.82) is 5.41 Å². The van der Waals surface area contributed by atoms with E-state index in [2.05, 4.69) is 6.72 Å². The molecule has 0 heterocycles. The van der Waals surface area contributed by atoms with Crippen LogP contribution < -0.4 is 0 Å². The average molecular weight is 287 g/mol. The fourth-order valence-corrected chi connectivity index (χ4v) is 2.72. The molecule has 0 spiro atoms. The van der Waals surface area contributed by atoms with Crippen molar-refractivity contribution in [3.63, 3.8) is 0 Å². The first-order valence-corrected chi connectivity index (χ1v) is 6.68. The third-order valence-corrected chi connectivity index (χ3v) is 3.65. The minimum atomic E-state index is -4.34. The van der Waals surface area contributed by atoms with Crippen molar-refractivity contribution >= 4 is 6.72 Å². The summed E-state index contributed by atoms with van der Waals surface area (Å²) in [5, 5.41) is 14.5. The van der Waals surface area contributed by atoms with Gasteiger partial charge in [0.05, 0.1) is 12.2 Å². The highest BCUT2D eigenvalue weighted by Crippen LogP contribution is 2.40. The van der Waals surface area contributed by atoms with Crippen molar-refractivity contribution in [2.75, 3.05) is 0 Å². The van der Waals surface area contributed by atoms with Crippen LogP contribution in [0.1, 0.15) is 54.7 Å². The highest BCUT2D eigenvalue weighted by Gasteiger charge is 2.35. The molecule has 5 heteroatoms. The van der Waals surface area contributed by atoms with Gasteiger partial charge in [0.25, 0.3) is 0 Å². The number of benzene rings is 1. The van der Waals surface area contributed by atoms with Crippen molar-refractivity contribution in [3.05, 3.63) is 34.9 Å². The van der Waals surface area contributed by atoms with Crippen molar-refractivity contribution in [2.45, 2.75) is 50.8 Å². The summed E-state index contributed by atoms with van der Waals surface area (Å²) in [5.41, 5.74) is 0.155. The summed E-state index contributed by atoms with van der Waals surface area (Å²) in [6, 6.07) is 4.23. The Balaban J connectivity index is 0.000000956. The van der Waals surface area contributed by atoms with E-state index in [1.54, 1.807) is 12.1 Å². The first-order valence-electron chi connectivity index (χ1n) is 6.68. The van der Waals surface area contributed by atoms with E-state index in [-0.39, 0.29) is 12.5 Å². The standard InChI is InChI=1S/C14H17F3O.CH3N/c15-14(16,17)13-8-10(9-18)6-7-12(13)11-4-2-1-3-5-11;1-2/h6-8,11,18H,1-5,9H2;2H,1H2. The summed E-state index contributed by atoms with van der Waals surface area (Å²) in [4.78, 5) is 0. The molecular weight excluding hydrogens is 267 g/mol. The largest absolute Gasteiger partial charge is 0.416 e. The van der Waals surface area contributed by atoms with E-state index in [0.717, 1.165) is 38.2 Å². The number of hydrogen-bond donors (Lipinski definition) is 2. The first-order chi connectivity index (χ1) is 9.52. The summed E-state index contributed by atoms with van der Waals surface area (Å²) in [6.07, 6.45) is 0.459. The lowest BCUT2D eigenvalue weighted by Crippen LogP contribution is -2.14. The molecule has 2 N–H and O–H groups in total. The predicted octanol–water partition coefficient (Wildman–Crippen LogP) is 4.51. The molecule has 2 nitrogen and oxygen atoms in total. The van der Waals surface area contributed by atoms with Crippen LogP contribution in [0.15, 0.2) is 18.2 Å². The van der Waals surface area contributed by atoms with Gasteiger partial charge >= 0.3 is 6.18 Å². The Bertz CT molecular complexity index is 426. The van der Waals surface area contributed by atoms with Gasteiger partial charge in [-0.3, -0.25) is 0 Å². The van der Waals surface area contributed by atoms with Crippen LogP contribution in [0.5, 0.6) is 0 Å². The number of aliphatic hydroxyl groups is 1. The van der Waals surface area contributed by atoms with Gasteiger partial charge in [0.1, 0.15) is 0 Å². The fourth-order valence-electron chi connectivity index (χ4n) is 2.72. The molecule has 0 unspecified atom stereocenters. The van der Waals surface area contributed by atoms with E-state index in [4.69, 9.17) is 10.5 Å². The molecular formula is C15H20F3NO. The zero-order chi connectivity index (χ0) is 15.2. The Hall–Kier alpha value is -1.36. The topological polar surface area (TPSA) is 44.1 Å². The number of rotatable bonds is 2. The van der Waals surface area contributed by atoms with Crippen LogP contribution in [0.2, 0.25) is 0 Å². The second kappa shape index (κ2) is 7.43. The molecule has 1 saturated carbocycles. The Labute approximate surface area is 117 Å². The van der Waals surface area contributed by atoms with Gasteiger partial charge in [-0.2, -0.15) is 13.2 Å². The van der Waals surface area contributed by atoms with Gasteiger partial charge in [-0.25, -0.2) is 0 Å². The Morgan fingerprint density at radius 1 is 1.15 bits per heavy atom. The lowest BCUT2D eigenvalue weighted by Gasteiger charge is -2.25. The van der Waals surface area contributed by atoms with Crippen LogP contribution in [-0.2, 0) is 12.8 Å². The van der Waals surface area contributed by atoms with Gasteiger partial charge in [-0.05, 0) is 42.7 Å². The molecule has 1 aliphatic carbocycles. The van der Waals surface area contributed by atoms with Crippen LogP contribution in [0.25, 0.3) is 0 Å². The third-order valence-electron chi connectivity index (χ3n) is 3.65. The Kier molecular flexibility index (Phi) is 6.20. The molecule has 0 aromatic heterocycles. The second-order valence-electron chi connectivity index (χ2n) is 4.91. The summed E-state index contributed by atoms with van der Waals surface area (Å²) in [7, 11) is 0. The quantitative estimate of drug-likeness (QED) is 0.772. The van der Waals surface area contributed by atoms with Gasteiger partial charge in [-0.1, -0.05) is 31.4 Å². The molecule has 0 atom stereocenters. The number of halogens is 3. The fraction of sp³-hybridized carbons (Fsp3) is 0.533. The second-order valence-corrected chi connectivity index (χ2v) is 4.91. The van der Waals surface area contributed by atoms with Crippen molar-refractivity contribution in [1.82, 2.24) is 0 Å². The van der Waals surface area contributed by atoms with Crippen LogP contribution in [0.4, 0.5) is 13.2 Å². The molecule has 0 amide bonds. The van der Waals surface area contributed by atoms with Crippen LogP contribution in [0.3, 0.4) is 0 Å². The number of aliphatic hydroxyl groups excluding tert-OH is 1. The monoisotopic (exact) mass is 287 g/mol. The summed E-state index contributed by atoms with van der Waals surface area (Å²) in [5.74, 6) is 0.0168. The zero-order valence-electron chi connectivity index (χ0n) is 11.3. The van der Waals surface area contributed by atoms with E-state index < -0.39 is 11.7 Å². The highest BCUT2D eigenvalue weighted by atomic mass is 19.4. The van der Waals surface area contributed by atoms with Crippen LogP contribution in [0, 0.1) is 5.41 Å². The van der Waals surface area contributed by atoms with Gasteiger partial charge in [0.15, 0.2) is 0 Å². The molecule has 1 aromatic rings. The zero-order valence-corrected chi connectivity index (χ0v) is 11.3. The molecule has 20 heavy (non-hydrogen) atoms. The van der Waals surface area contributed by atoms with Gasteiger partial charge in [0, 0.05) is 0 Å². The molecule has 1 aromatic carbocycles. The average Bonchev–Trinajstić information content (AvgIpc) is 2.48. The predicted molar refractivity (Wildman–Crippen MR) is 73.0 cm³/mol. The smallest absolute Gasteiger partial charge is 0.392 e. The molecule has 0 saturated heterocycles. The number of hydrogen-bond acceptors (Lipinski definition) is 2. The SMILES string of the molecule is C=N.OCc1ccc(C2CCCCC2)c(C(F)(F)F)c1. The third kappa shape index (κ3) is 4.07. The highest BCUT2D eigenvalue weighted by molar-refractivity contribution is 5.36. The minimum Gasteiger partial charge on any atom is -0.392 e. The molecule has 0 bridgehead atoms. The lowest BCUT2D eigenvalue weighted by molar-refractivity contribution is -0.138. The molecule has 1 fully saturated rings. The maximum absolute atomic E-state index is 13.0. The van der Waals surface area contributed by atoms with Gasteiger partial charge < -0.3 is 10.5 Å². The summed E-state index contributed by atoms with van der Waals surface area (Å²) < 4.78 is 39.1. The number of alkyl halides is 3.